The van der Waals surface area contributed by atoms with E-state index in [1.54, 1.807) is 36.6 Å². The summed E-state index contributed by atoms with van der Waals surface area (Å²) in [6, 6.07) is 5.12. The molecule has 0 aliphatic heterocycles. The molecule has 2 aromatic heterocycles. The topological polar surface area (TPSA) is 69.0 Å². The summed E-state index contributed by atoms with van der Waals surface area (Å²) in [5, 5.41) is 15.1. The number of thioether (sulfide) groups is 1. The molecule has 0 bridgehead atoms. The average molecular weight is 465 g/mol. The molecule has 1 aromatic carbocycles. The minimum Gasteiger partial charge on any atom is -0.495 e. The molecule has 0 fully saturated rings. The number of halogens is 1. The Morgan fingerprint density at radius 1 is 1.33 bits per heavy atom. The van der Waals surface area contributed by atoms with Gasteiger partial charge in [-0.25, -0.2) is 0 Å². The molecule has 9 heteroatoms. The molecular weight excluding hydrogens is 440 g/mol. The van der Waals surface area contributed by atoms with Crippen molar-refractivity contribution >= 4 is 46.3 Å². The molecule has 0 atom stereocenters. The van der Waals surface area contributed by atoms with Crippen LogP contribution >= 0.6 is 34.7 Å². The summed E-state index contributed by atoms with van der Waals surface area (Å²) in [7, 11) is 1.55. The summed E-state index contributed by atoms with van der Waals surface area (Å²) in [5.41, 5.74) is 3.00. The highest BCUT2D eigenvalue weighted by molar-refractivity contribution is 7.99. The van der Waals surface area contributed by atoms with Gasteiger partial charge in [-0.15, -0.1) is 21.5 Å². The number of aryl methyl sites for hydroxylation is 1. The Kier molecular flexibility index (Phi) is 7.80. The van der Waals surface area contributed by atoms with Crippen LogP contribution in [0.1, 0.15) is 30.7 Å². The first-order valence-electron chi connectivity index (χ1n) is 9.75. The van der Waals surface area contributed by atoms with Gasteiger partial charge in [0.25, 0.3) is 0 Å². The molecule has 0 saturated carbocycles. The molecule has 3 aromatic rings. The Morgan fingerprint density at radius 3 is 2.83 bits per heavy atom. The number of hydrogen-bond donors (Lipinski definition) is 1. The highest BCUT2D eigenvalue weighted by Gasteiger charge is 2.19. The van der Waals surface area contributed by atoms with Crippen molar-refractivity contribution in [2.24, 2.45) is 0 Å². The van der Waals surface area contributed by atoms with Crippen molar-refractivity contribution in [2.45, 2.75) is 45.3 Å². The zero-order valence-electron chi connectivity index (χ0n) is 17.5. The van der Waals surface area contributed by atoms with Gasteiger partial charge in [-0.05, 0) is 43.5 Å². The van der Waals surface area contributed by atoms with Gasteiger partial charge in [0.2, 0.25) is 5.91 Å². The number of ether oxygens (including phenoxy) is 1. The Morgan fingerprint density at radius 2 is 2.13 bits per heavy atom. The third-order valence-electron chi connectivity index (χ3n) is 4.63. The summed E-state index contributed by atoms with van der Waals surface area (Å²) < 4.78 is 7.40. The Hall–Kier alpha value is -2.03. The van der Waals surface area contributed by atoms with Gasteiger partial charge in [-0.1, -0.05) is 37.2 Å². The summed E-state index contributed by atoms with van der Waals surface area (Å²) in [6.45, 7) is 7.21. The SMILES string of the molecule is CCCn1c(SCC(=O)Nc2cc(Cl)ccc2OC)nnc1-c1csc(C)c1CC. The quantitative estimate of drug-likeness (QED) is 0.412. The average Bonchev–Trinajstić information content (AvgIpc) is 3.29. The van der Waals surface area contributed by atoms with Crippen molar-refractivity contribution in [1.82, 2.24) is 14.8 Å². The zero-order chi connectivity index (χ0) is 21.7. The van der Waals surface area contributed by atoms with Crippen LogP contribution in [0, 0.1) is 6.92 Å². The number of carbonyl (C=O) groups is 1. The molecule has 3 rings (SSSR count). The van der Waals surface area contributed by atoms with Crippen LogP contribution in [0.25, 0.3) is 11.4 Å². The molecule has 1 amide bonds. The first kappa shape index (κ1) is 22.7. The van der Waals surface area contributed by atoms with Crippen LogP contribution in [0.2, 0.25) is 5.02 Å². The predicted octanol–water partition coefficient (Wildman–Crippen LogP) is 5.68. The number of nitrogens with one attached hydrogen (secondary N) is 1. The van der Waals surface area contributed by atoms with E-state index >= 15 is 0 Å². The molecule has 0 aliphatic carbocycles. The number of methoxy groups -OCH3 is 1. The van der Waals surface area contributed by atoms with Crippen molar-refractivity contribution < 1.29 is 9.53 Å². The molecule has 0 unspecified atom stereocenters. The second-order valence-electron chi connectivity index (χ2n) is 6.68. The van der Waals surface area contributed by atoms with Gasteiger partial charge in [-0.2, -0.15) is 0 Å². The van der Waals surface area contributed by atoms with Gasteiger partial charge in [0, 0.05) is 27.4 Å². The fourth-order valence-corrected chi connectivity index (χ4v) is 5.10. The van der Waals surface area contributed by atoms with Crippen LogP contribution in [0.5, 0.6) is 5.75 Å². The minimum atomic E-state index is -0.159. The highest BCUT2D eigenvalue weighted by Crippen LogP contribution is 2.33. The third kappa shape index (κ3) is 4.99. The molecule has 0 saturated heterocycles. The number of rotatable bonds is 9. The second kappa shape index (κ2) is 10.3. The van der Waals surface area contributed by atoms with E-state index in [9.17, 15) is 4.79 Å². The van der Waals surface area contributed by atoms with Gasteiger partial charge in [0.15, 0.2) is 11.0 Å². The second-order valence-corrected chi connectivity index (χ2v) is 9.14. The van der Waals surface area contributed by atoms with E-state index in [1.165, 1.54) is 22.2 Å². The lowest BCUT2D eigenvalue weighted by Gasteiger charge is -2.11. The van der Waals surface area contributed by atoms with Crippen molar-refractivity contribution in [1.29, 1.82) is 0 Å². The van der Waals surface area contributed by atoms with E-state index in [-0.39, 0.29) is 11.7 Å². The van der Waals surface area contributed by atoms with E-state index in [1.807, 2.05) is 0 Å². The molecule has 30 heavy (non-hydrogen) atoms. The largest absolute Gasteiger partial charge is 0.495 e. The van der Waals surface area contributed by atoms with E-state index in [0.29, 0.717) is 16.5 Å². The maximum atomic E-state index is 12.5. The summed E-state index contributed by atoms with van der Waals surface area (Å²) in [4.78, 5) is 13.8. The smallest absolute Gasteiger partial charge is 0.234 e. The fourth-order valence-electron chi connectivity index (χ4n) is 3.22. The molecule has 0 aliphatic rings. The van der Waals surface area contributed by atoms with E-state index in [0.717, 1.165) is 35.9 Å². The summed E-state index contributed by atoms with van der Waals surface area (Å²) in [5.74, 6) is 1.49. The molecule has 2 heterocycles. The lowest BCUT2D eigenvalue weighted by atomic mass is 10.1. The number of aromatic nitrogens is 3. The molecular formula is C21H25ClN4O2S2. The highest BCUT2D eigenvalue weighted by atomic mass is 35.5. The Labute approximate surface area is 190 Å². The molecule has 1 N–H and O–H groups in total. The maximum Gasteiger partial charge on any atom is 0.234 e. The summed E-state index contributed by atoms with van der Waals surface area (Å²) in [6.07, 6.45) is 1.91. The number of thiophene rings is 1. The minimum absolute atomic E-state index is 0.159. The number of benzene rings is 1. The molecule has 0 spiro atoms. The van der Waals surface area contributed by atoms with Crippen LogP contribution in [-0.4, -0.2) is 33.5 Å². The first-order valence-corrected chi connectivity index (χ1v) is 12.0. The van der Waals surface area contributed by atoms with Crippen LogP contribution in [0.15, 0.2) is 28.7 Å². The van der Waals surface area contributed by atoms with Crippen molar-refractivity contribution in [2.75, 3.05) is 18.2 Å². The molecule has 6 nitrogen and oxygen atoms in total. The zero-order valence-corrected chi connectivity index (χ0v) is 19.9. The molecule has 160 valence electrons. The predicted molar refractivity (Wildman–Crippen MR) is 125 cm³/mol. The van der Waals surface area contributed by atoms with Crippen LogP contribution < -0.4 is 10.1 Å². The number of nitrogens with zero attached hydrogens (tertiary/aromatic N) is 3. The van der Waals surface area contributed by atoms with Gasteiger partial charge in [0.05, 0.1) is 18.6 Å². The van der Waals surface area contributed by atoms with E-state index < -0.39 is 0 Å². The fraction of sp³-hybridized carbons (Fsp3) is 0.381. The number of anilines is 1. The Bertz CT molecular complexity index is 1030. The number of amides is 1. The lowest BCUT2D eigenvalue weighted by Crippen LogP contribution is -2.15. The number of hydrogen-bond acceptors (Lipinski definition) is 6. The van der Waals surface area contributed by atoms with Gasteiger partial charge < -0.3 is 14.6 Å². The van der Waals surface area contributed by atoms with E-state index in [4.69, 9.17) is 16.3 Å². The third-order valence-corrected chi connectivity index (χ3v) is 6.79. The van der Waals surface area contributed by atoms with Crippen LogP contribution in [0.3, 0.4) is 0 Å². The van der Waals surface area contributed by atoms with Crippen molar-refractivity contribution in [3.63, 3.8) is 0 Å². The maximum absolute atomic E-state index is 12.5. The van der Waals surface area contributed by atoms with Gasteiger partial charge in [-0.3, -0.25) is 4.79 Å². The standard InChI is InChI=1S/C21H25ClN4O2S2/c1-5-9-26-20(16-11-29-13(3)15(16)6-2)24-25-21(26)30-12-19(27)23-17-10-14(22)7-8-18(17)28-4/h7-8,10-11H,5-6,9,12H2,1-4H3,(H,23,27). The first-order chi connectivity index (χ1) is 14.5. The molecule has 0 radical (unpaired) electrons. The monoisotopic (exact) mass is 464 g/mol. The van der Waals surface area contributed by atoms with E-state index in [2.05, 4.69) is 46.2 Å². The van der Waals surface area contributed by atoms with Gasteiger partial charge in [0.1, 0.15) is 5.75 Å². The van der Waals surface area contributed by atoms with Crippen molar-refractivity contribution in [3.8, 4) is 17.1 Å². The number of carbonyl (C=O) groups excluding carboxylic acids is 1. The normalized spacial score (nSPS) is 11.0. The van der Waals surface area contributed by atoms with Crippen LogP contribution in [-0.2, 0) is 17.8 Å². The van der Waals surface area contributed by atoms with Crippen LogP contribution in [0.4, 0.5) is 5.69 Å². The lowest BCUT2D eigenvalue weighted by molar-refractivity contribution is -0.113. The van der Waals surface area contributed by atoms with Gasteiger partial charge >= 0.3 is 0 Å². The summed E-state index contributed by atoms with van der Waals surface area (Å²) >= 11 is 9.15. The Balaban J connectivity index is 1.76. The van der Waals surface area contributed by atoms with Crippen molar-refractivity contribution in [3.05, 3.63) is 39.0 Å².